The average molecular weight is 580 g/mol. The number of anilines is 1. The maximum absolute atomic E-state index is 13.2. The Morgan fingerprint density at radius 1 is 1.03 bits per heavy atom. The maximum atomic E-state index is 13.2. The fourth-order valence-corrected chi connectivity index (χ4v) is 6.93. The van der Waals surface area contributed by atoms with Crippen LogP contribution in [0.3, 0.4) is 0 Å². The molecule has 39 heavy (non-hydrogen) atoms. The van der Waals surface area contributed by atoms with Crippen LogP contribution in [0, 0.1) is 19.8 Å². The van der Waals surface area contributed by atoms with Crippen molar-refractivity contribution < 1.29 is 17.9 Å². The van der Waals surface area contributed by atoms with E-state index in [4.69, 9.17) is 4.74 Å². The predicted molar refractivity (Wildman–Crippen MR) is 162 cm³/mol. The van der Waals surface area contributed by atoms with Crippen LogP contribution in [0.1, 0.15) is 49.8 Å². The standard InChI is InChI=1S/C30H45N3O4S.ClH/c1-7-32(8-2)22-26-13-17-33(18-14-26)27-11-9-25(10-12-27)21-28(34)15-16-31(5)38(35,36)30-23(3)19-29(37-6)20-24(30)4;/h9-12,19-20,26H,7-8,13-18,21-22H2,1-6H3;1H. The van der Waals surface area contributed by atoms with Crippen molar-refractivity contribution in [2.45, 2.75) is 58.3 Å². The summed E-state index contributed by atoms with van der Waals surface area (Å²) in [6.45, 7) is 13.7. The molecule has 1 heterocycles. The van der Waals surface area contributed by atoms with Gasteiger partial charge in [0.15, 0.2) is 0 Å². The summed E-state index contributed by atoms with van der Waals surface area (Å²) in [5.74, 6) is 1.42. The van der Waals surface area contributed by atoms with Crippen molar-refractivity contribution in [3.63, 3.8) is 0 Å². The molecule has 1 aliphatic heterocycles. The van der Waals surface area contributed by atoms with E-state index >= 15 is 0 Å². The number of ketones is 1. The van der Waals surface area contributed by atoms with Crippen LogP contribution in [0.15, 0.2) is 41.3 Å². The van der Waals surface area contributed by atoms with E-state index in [0.29, 0.717) is 23.3 Å². The van der Waals surface area contributed by atoms with Gasteiger partial charge in [0.25, 0.3) is 0 Å². The van der Waals surface area contributed by atoms with Gasteiger partial charge in [0.1, 0.15) is 11.5 Å². The first-order valence-corrected chi connectivity index (χ1v) is 15.2. The molecule has 0 N–H and O–H groups in total. The van der Waals surface area contributed by atoms with Crippen molar-refractivity contribution >= 4 is 33.9 Å². The summed E-state index contributed by atoms with van der Waals surface area (Å²) >= 11 is 0. The third kappa shape index (κ3) is 8.68. The van der Waals surface area contributed by atoms with Crippen molar-refractivity contribution in [3.05, 3.63) is 53.1 Å². The number of sulfonamides is 1. The van der Waals surface area contributed by atoms with E-state index in [0.717, 1.165) is 37.7 Å². The SMILES string of the molecule is CCN(CC)CC1CCN(c2ccc(CC(=O)CCN(C)S(=O)(=O)c3c(C)cc(OC)cc3C)cc2)CC1.Cl. The monoisotopic (exact) mass is 579 g/mol. The number of methoxy groups -OCH3 is 1. The van der Waals surface area contributed by atoms with Gasteiger partial charge in [-0.2, -0.15) is 0 Å². The lowest BCUT2D eigenvalue weighted by Crippen LogP contribution is -2.38. The van der Waals surface area contributed by atoms with E-state index in [-0.39, 0.29) is 36.1 Å². The van der Waals surface area contributed by atoms with Crippen LogP contribution in [0.25, 0.3) is 0 Å². The van der Waals surface area contributed by atoms with E-state index in [2.05, 4.69) is 35.8 Å². The minimum Gasteiger partial charge on any atom is -0.497 e. The molecule has 2 aromatic rings. The number of ether oxygens (including phenoxy) is 1. The molecule has 0 spiro atoms. The highest BCUT2D eigenvalue weighted by Crippen LogP contribution is 2.28. The first-order chi connectivity index (χ1) is 18.1. The van der Waals surface area contributed by atoms with Gasteiger partial charge in [0, 0.05) is 51.8 Å². The Hall–Kier alpha value is -2.13. The van der Waals surface area contributed by atoms with Crippen molar-refractivity contribution in [1.29, 1.82) is 0 Å². The third-order valence-corrected chi connectivity index (χ3v) is 9.93. The molecule has 218 valence electrons. The van der Waals surface area contributed by atoms with Gasteiger partial charge in [-0.25, -0.2) is 12.7 Å². The number of rotatable bonds is 13. The number of hydrogen-bond donors (Lipinski definition) is 0. The number of halogens is 1. The van der Waals surface area contributed by atoms with Gasteiger partial charge in [-0.3, -0.25) is 4.79 Å². The fourth-order valence-electron chi connectivity index (χ4n) is 5.35. The lowest BCUT2D eigenvalue weighted by molar-refractivity contribution is -0.118. The van der Waals surface area contributed by atoms with Crippen LogP contribution in [0.5, 0.6) is 5.75 Å². The molecule has 0 saturated carbocycles. The van der Waals surface area contributed by atoms with Crippen LogP contribution in [-0.2, 0) is 21.2 Å². The van der Waals surface area contributed by atoms with Crippen molar-refractivity contribution in [1.82, 2.24) is 9.21 Å². The molecular formula is C30H46ClN3O4S. The zero-order valence-corrected chi connectivity index (χ0v) is 26.0. The first-order valence-electron chi connectivity index (χ1n) is 13.8. The van der Waals surface area contributed by atoms with Gasteiger partial charge in [0.2, 0.25) is 10.0 Å². The van der Waals surface area contributed by atoms with Crippen LogP contribution in [0.2, 0.25) is 0 Å². The molecule has 1 aliphatic rings. The molecule has 0 aromatic heterocycles. The minimum absolute atomic E-state index is 0. The summed E-state index contributed by atoms with van der Waals surface area (Å²) in [5.41, 5.74) is 3.43. The van der Waals surface area contributed by atoms with Crippen molar-refractivity contribution in [3.8, 4) is 5.75 Å². The predicted octanol–water partition coefficient (Wildman–Crippen LogP) is 5.11. The number of carbonyl (C=O) groups excluding carboxylic acids is 1. The quantitative estimate of drug-likeness (QED) is 0.328. The minimum atomic E-state index is -3.71. The number of aryl methyl sites for hydroxylation is 2. The number of piperidine rings is 1. The zero-order chi connectivity index (χ0) is 27.9. The number of hydrogen-bond acceptors (Lipinski definition) is 6. The van der Waals surface area contributed by atoms with E-state index in [1.807, 2.05) is 12.1 Å². The average Bonchev–Trinajstić information content (AvgIpc) is 2.90. The molecule has 0 aliphatic carbocycles. The number of nitrogens with zero attached hydrogens (tertiary/aromatic N) is 3. The Morgan fingerprint density at radius 2 is 1.59 bits per heavy atom. The fraction of sp³-hybridized carbons (Fsp3) is 0.567. The molecule has 0 radical (unpaired) electrons. The van der Waals surface area contributed by atoms with E-state index < -0.39 is 10.0 Å². The van der Waals surface area contributed by atoms with Crippen LogP contribution in [0.4, 0.5) is 5.69 Å². The summed E-state index contributed by atoms with van der Waals surface area (Å²) in [7, 11) is -0.615. The molecule has 0 atom stereocenters. The van der Waals surface area contributed by atoms with E-state index in [9.17, 15) is 13.2 Å². The molecule has 0 bridgehead atoms. The summed E-state index contributed by atoms with van der Waals surface area (Å²) in [6.07, 6.45) is 2.90. The highest BCUT2D eigenvalue weighted by atomic mass is 35.5. The Bertz CT molecular complexity index is 1150. The molecule has 9 heteroatoms. The van der Waals surface area contributed by atoms with Gasteiger partial charge in [-0.15, -0.1) is 12.4 Å². The van der Waals surface area contributed by atoms with Crippen molar-refractivity contribution in [2.24, 2.45) is 5.92 Å². The topological polar surface area (TPSA) is 70.2 Å². The number of benzene rings is 2. The molecule has 0 unspecified atom stereocenters. The zero-order valence-electron chi connectivity index (χ0n) is 24.4. The highest BCUT2D eigenvalue weighted by molar-refractivity contribution is 7.89. The normalized spacial score (nSPS) is 14.5. The molecule has 7 nitrogen and oxygen atoms in total. The lowest BCUT2D eigenvalue weighted by Gasteiger charge is -2.35. The first kappa shape index (κ1) is 33.1. The van der Waals surface area contributed by atoms with E-state index in [1.54, 1.807) is 33.1 Å². The van der Waals surface area contributed by atoms with Gasteiger partial charge in [-0.05, 0) is 86.7 Å². The Labute approximate surface area is 242 Å². The second-order valence-electron chi connectivity index (χ2n) is 10.5. The van der Waals surface area contributed by atoms with Gasteiger partial charge < -0.3 is 14.5 Å². The Balaban J connectivity index is 0.00000533. The molecule has 0 amide bonds. The number of carbonyl (C=O) groups is 1. The lowest BCUT2D eigenvalue weighted by atomic mass is 9.95. The van der Waals surface area contributed by atoms with Gasteiger partial charge in [0.05, 0.1) is 12.0 Å². The van der Waals surface area contributed by atoms with Gasteiger partial charge in [-0.1, -0.05) is 26.0 Å². The summed E-state index contributed by atoms with van der Waals surface area (Å²) in [4.78, 5) is 17.9. The van der Waals surface area contributed by atoms with Crippen LogP contribution in [-0.4, -0.2) is 76.8 Å². The largest absolute Gasteiger partial charge is 0.497 e. The van der Waals surface area contributed by atoms with Crippen LogP contribution >= 0.6 is 12.4 Å². The van der Waals surface area contributed by atoms with E-state index in [1.165, 1.54) is 36.4 Å². The smallest absolute Gasteiger partial charge is 0.243 e. The molecule has 1 fully saturated rings. The Morgan fingerprint density at radius 3 is 2.10 bits per heavy atom. The summed E-state index contributed by atoms with van der Waals surface area (Å²) in [6, 6.07) is 11.7. The van der Waals surface area contributed by atoms with Crippen molar-refractivity contribution in [2.75, 3.05) is 58.3 Å². The molecular weight excluding hydrogens is 534 g/mol. The van der Waals surface area contributed by atoms with Gasteiger partial charge >= 0.3 is 0 Å². The number of Topliss-reactive ketones (excluding diaryl/α,β-unsaturated/α-hetero) is 1. The molecule has 3 rings (SSSR count). The Kier molecular flexibility index (Phi) is 12.7. The second-order valence-corrected chi connectivity index (χ2v) is 12.4. The summed E-state index contributed by atoms with van der Waals surface area (Å²) < 4.78 is 32.9. The molecule has 2 aromatic carbocycles. The maximum Gasteiger partial charge on any atom is 0.243 e. The molecule has 1 saturated heterocycles. The third-order valence-electron chi connectivity index (χ3n) is 7.77. The second kappa shape index (κ2) is 15.0. The highest BCUT2D eigenvalue weighted by Gasteiger charge is 2.26. The summed E-state index contributed by atoms with van der Waals surface area (Å²) in [5, 5.41) is 0. The van der Waals surface area contributed by atoms with Crippen LogP contribution < -0.4 is 9.64 Å².